The average molecular weight is 437 g/mol. The van der Waals surface area contributed by atoms with Crippen molar-refractivity contribution >= 4 is 38.4 Å². The van der Waals surface area contributed by atoms with Crippen LogP contribution in [0.25, 0.3) is 11.0 Å². The number of ether oxygens (including phenoxy) is 1. The summed E-state index contributed by atoms with van der Waals surface area (Å²) in [4.78, 5) is 19.7. The lowest BCUT2D eigenvalue weighted by Gasteiger charge is -2.33. The highest BCUT2D eigenvalue weighted by Crippen LogP contribution is 2.43. The number of halogens is 2. The minimum absolute atomic E-state index is 0.0287. The van der Waals surface area contributed by atoms with Crippen molar-refractivity contribution in [1.82, 2.24) is 9.97 Å². The molecule has 3 aromatic rings. The predicted molar refractivity (Wildman–Crippen MR) is 106 cm³/mol. The topological polar surface area (TPSA) is 89.1 Å². The monoisotopic (exact) mass is 436 g/mol. The molecule has 1 aromatic carbocycles. The maximum Gasteiger partial charge on any atom is 0.360 e. The second-order valence-corrected chi connectivity index (χ2v) is 9.46. The second-order valence-electron chi connectivity index (χ2n) is 7.01. The van der Waals surface area contributed by atoms with Crippen LogP contribution in [-0.4, -0.2) is 36.5 Å². The molecule has 2 aromatic heterocycles. The molecular formula is C20H18ClFN2O4S. The van der Waals surface area contributed by atoms with Crippen LogP contribution in [0.15, 0.2) is 47.4 Å². The first kappa shape index (κ1) is 19.8. The number of methoxy groups -OCH3 is 1. The number of benzene rings is 1. The molecule has 1 aliphatic rings. The lowest BCUT2D eigenvalue weighted by Crippen LogP contribution is -2.51. The van der Waals surface area contributed by atoms with Crippen molar-refractivity contribution in [3.05, 3.63) is 58.9 Å². The van der Waals surface area contributed by atoms with Crippen LogP contribution in [0, 0.1) is 5.92 Å². The normalized spacial score (nSPS) is 18.8. The fraction of sp³-hybridized carbons (Fsp3) is 0.300. The zero-order valence-corrected chi connectivity index (χ0v) is 17.1. The summed E-state index contributed by atoms with van der Waals surface area (Å²) in [5, 5.41) is -2.87. The van der Waals surface area contributed by atoms with Gasteiger partial charge in [0, 0.05) is 11.6 Å². The fourth-order valence-electron chi connectivity index (χ4n) is 3.98. The maximum atomic E-state index is 16.2. The first-order chi connectivity index (χ1) is 13.8. The highest BCUT2D eigenvalue weighted by atomic mass is 35.5. The van der Waals surface area contributed by atoms with Crippen LogP contribution in [0.2, 0.25) is 5.15 Å². The molecular weight excluding hydrogens is 419 g/mol. The molecule has 0 bridgehead atoms. The van der Waals surface area contributed by atoms with E-state index in [1.807, 2.05) is 0 Å². The summed E-state index contributed by atoms with van der Waals surface area (Å²) in [7, 11) is -3.66. The van der Waals surface area contributed by atoms with E-state index in [4.69, 9.17) is 11.6 Å². The number of sulfone groups is 1. The molecule has 1 aliphatic carbocycles. The Morgan fingerprint density at radius 1 is 1.28 bits per heavy atom. The number of aromatic nitrogens is 2. The van der Waals surface area contributed by atoms with Crippen LogP contribution >= 0.6 is 11.6 Å². The van der Waals surface area contributed by atoms with E-state index in [9.17, 15) is 13.2 Å². The summed E-state index contributed by atoms with van der Waals surface area (Å²) in [6, 6.07) is 10.5. The number of carbonyl (C=O) groups is 1. The average Bonchev–Trinajstić information content (AvgIpc) is 3.10. The summed E-state index contributed by atoms with van der Waals surface area (Å²) in [6.45, 7) is 0. The molecule has 9 heteroatoms. The van der Waals surface area contributed by atoms with E-state index in [1.165, 1.54) is 24.3 Å². The van der Waals surface area contributed by atoms with E-state index in [-0.39, 0.29) is 17.7 Å². The van der Waals surface area contributed by atoms with Crippen molar-refractivity contribution in [2.45, 2.75) is 29.2 Å². The molecule has 2 atom stereocenters. The summed E-state index contributed by atoms with van der Waals surface area (Å²) in [6.07, 6.45) is 0.535. The van der Waals surface area contributed by atoms with Gasteiger partial charge in [0.15, 0.2) is 0 Å². The molecule has 0 radical (unpaired) electrons. The molecule has 6 nitrogen and oxygen atoms in total. The fourth-order valence-corrected chi connectivity index (χ4v) is 5.93. The minimum Gasteiger partial charge on any atom is -0.466 e. The van der Waals surface area contributed by atoms with Crippen molar-refractivity contribution in [2.24, 2.45) is 5.92 Å². The maximum absolute atomic E-state index is 16.2. The van der Waals surface area contributed by atoms with Crippen molar-refractivity contribution in [1.29, 1.82) is 0 Å². The van der Waals surface area contributed by atoms with Crippen LogP contribution in [-0.2, 0) is 32.2 Å². The first-order valence-corrected chi connectivity index (χ1v) is 10.9. The van der Waals surface area contributed by atoms with E-state index < -0.39 is 26.7 Å². The van der Waals surface area contributed by atoms with Gasteiger partial charge < -0.3 is 9.72 Å². The van der Waals surface area contributed by atoms with Crippen LogP contribution in [0.4, 0.5) is 4.39 Å². The number of H-pyrrole nitrogens is 1. The van der Waals surface area contributed by atoms with Gasteiger partial charge in [0.1, 0.15) is 5.15 Å². The SMILES string of the molecule is COC(=O)C(F)(C1CCc2c([nH]c3ccc(Cl)nc23)C1)S(=O)(=O)c1ccccc1. The number of hydrogen-bond donors (Lipinski definition) is 1. The van der Waals surface area contributed by atoms with Crippen LogP contribution in [0.3, 0.4) is 0 Å². The lowest BCUT2D eigenvalue weighted by atomic mass is 9.84. The third-order valence-electron chi connectivity index (χ3n) is 5.42. The summed E-state index contributed by atoms with van der Waals surface area (Å²) >= 11 is 5.98. The highest BCUT2D eigenvalue weighted by Gasteiger charge is 2.59. The molecule has 0 aliphatic heterocycles. The molecule has 0 fully saturated rings. The van der Waals surface area contributed by atoms with Crippen molar-refractivity contribution in [2.75, 3.05) is 7.11 Å². The molecule has 0 saturated heterocycles. The van der Waals surface area contributed by atoms with Crippen LogP contribution < -0.4 is 0 Å². The Kier molecular flexibility index (Phi) is 4.86. The standard InChI is InChI=1S/C20H18ClFN2O4S/c1-28-19(25)20(22,29(26,27)13-5-3-2-4-6-13)12-7-8-14-16(11-12)23-15-9-10-17(21)24-18(14)15/h2-6,9-10,12,23H,7-8,11H2,1H3. The van der Waals surface area contributed by atoms with Gasteiger partial charge in [-0.1, -0.05) is 29.8 Å². The van der Waals surface area contributed by atoms with E-state index in [0.29, 0.717) is 22.8 Å². The summed E-state index contributed by atoms with van der Waals surface area (Å²) < 4.78 is 47.2. The van der Waals surface area contributed by atoms with Crippen molar-refractivity contribution in [3.63, 3.8) is 0 Å². The summed E-state index contributed by atoms with van der Waals surface area (Å²) in [5.41, 5.74) is 2.93. The number of nitrogens with zero attached hydrogens (tertiary/aromatic N) is 1. The van der Waals surface area contributed by atoms with E-state index in [1.54, 1.807) is 18.2 Å². The Hall–Kier alpha value is -2.45. The van der Waals surface area contributed by atoms with Gasteiger partial charge in [-0.3, -0.25) is 0 Å². The molecule has 1 N–H and O–H groups in total. The van der Waals surface area contributed by atoms with Gasteiger partial charge in [0.25, 0.3) is 0 Å². The molecule has 152 valence electrons. The van der Waals surface area contributed by atoms with E-state index >= 15 is 4.39 Å². The van der Waals surface area contributed by atoms with Crippen molar-refractivity contribution in [3.8, 4) is 0 Å². The zero-order chi connectivity index (χ0) is 20.8. The number of fused-ring (bicyclic) bond motifs is 3. The van der Waals surface area contributed by atoms with Gasteiger partial charge in [-0.15, -0.1) is 0 Å². The highest BCUT2D eigenvalue weighted by molar-refractivity contribution is 7.93. The first-order valence-electron chi connectivity index (χ1n) is 9.02. The predicted octanol–water partition coefficient (Wildman–Crippen LogP) is 3.63. The molecule has 4 rings (SSSR count). The van der Waals surface area contributed by atoms with Gasteiger partial charge >= 0.3 is 11.0 Å². The van der Waals surface area contributed by atoms with E-state index in [0.717, 1.165) is 18.2 Å². The van der Waals surface area contributed by atoms with E-state index in [2.05, 4.69) is 14.7 Å². The molecule has 2 heterocycles. The largest absolute Gasteiger partial charge is 0.466 e. The molecule has 0 amide bonds. The van der Waals surface area contributed by atoms with Gasteiger partial charge in [-0.05, 0) is 49.1 Å². The number of aryl methyl sites for hydroxylation is 1. The lowest BCUT2D eigenvalue weighted by molar-refractivity contribution is -0.152. The minimum atomic E-state index is -4.64. The quantitative estimate of drug-likeness (QED) is 0.498. The van der Waals surface area contributed by atoms with Crippen LogP contribution in [0.5, 0.6) is 0 Å². The Morgan fingerprint density at radius 2 is 2.00 bits per heavy atom. The molecule has 2 unspecified atom stereocenters. The number of rotatable bonds is 4. The number of pyridine rings is 1. The van der Waals surface area contributed by atoms with Crippen molar-refractivity contribution < 1.29 is 22.3 Å². The van der Waals surface area contributed by atoms with Gasteiger partial charge in [0.05, 0.1) is 23.0 Å². The third-order valence-corrected chi connectivity index (χ3v) is 7.81. The number of nitrogens with one attached hydrogen (secondary N) is 1. The number of aromatic amines is 1. The zero-order valence-electron chi connectivity index (χ0n) is 15.5. The molecule has 0 saturated carbocycles. The third kappa shape index (κ3) is 3.02. The Morgan fingerprint density at radius 3 is 2.69 bits per heavy atom. The number of carbonyl (C=O) groups excluding carboxylic acids is 1. The number of hydrogen-bond acceptors (Lipinski definition) is 5. The second kappa shape index (κ2) is 7.11. The molecule has 0 spiro atoms. The van der Waals surface area contributed by atoms with Crippen LogP contribution in [0.1, 0.15) is 17.7 Å². The Bertz CT molecular complexity index is 1200. The smallest absolute Gasteiger partial charge is 0.360 e. The number of esters is 1. The van der Waals surface area contributed by atoms with Gasteiger partial charge in [-0.2, -0.15) is 0 Å². The molecule has 29 heavy (non-hydrogen) atoms. The Labute approximate surface area is 172 Å². The van der Waals surface area contributed by atoms with Gasteiger partial charge in [0.2, 0.25) is 9.84 Å². The Balaban J connectivity index is 1.80. The van der Waals surface area contributed by atoms with Gasteiger partial charge in [-0.25, -0.2) is 22.6 Å². The number of alkyl halides is 1. The summed E-state index contributed by atoms with van der Waals surface area (Å²) in [5.74, 6) is -2.52.